The van der Waals surface area contributed by atoms with Gasteiger partial charge in [-0.2, -0.15) is 17.0 Å². The fourth-order valence-corrected chi connectivity index (χ4v) is 2.01. The molecule has 0 saturated carbocycles. The predicted octanol–water partition coefficient (Wildman–Crippen LogP) is 2.56. The summed E-state index contributed by atoms with van der Waals surface area (Å²) in [4.78, 5) is 0. The molecule has 0 aliphatic heterocycles. The van der Waals surface area contributed by atoms with Gasteiger partial charge in [-0.3, -0.25) is 0 Å². The van der Waals surface area contributed by atoms with Crippen molar-refractivity contribution in [2.45, 2.75) is 31.0 Å². The van der Waals surface area contributed by atoms with Crippen LogP contribution in [0.3, 0.4) is 0 Å². The Kier molecular flexibility index (Phi) is 4.67. The number of nitrogens with zero attached hydrogens (tertiary/aromatic N) is 1. The van der Waals surface area contributed by atoms with Gasteiger partial charge in [-0.05, 0) is 24.6 Å². The number of aliphatic hydroxyl groups excluding tert-OH is 1. The van der Waals surface area contributed by atoms with E-state index in [1.807, 2.05) is 25.1 Å². The molecule has 1 aromatic rings. The molecule has 2 nitrogen and oxygen atoms in total. The van der Waals surface area contributed by atoms with Gasteiger partial charge in [0.25, 0.3) is 0 Å². The van der Waals surface area contributed by atoms with E-state index in [9.17, 15) is 5.11 Å². The molecule has 0 bridgehead atoms. The summed E-state index contributed by atoms with van der Waals surface area (Å²) in [6.45, 7) is 3.80. The Morgan fingerprint density at radius 3 is 2.80 bits per heavy atom. The highest BCUT2D eigenvalue weighted by Crippen LogP contribution is 2.20. The van der Waals surface area contributed by atoms with E-state index in [0.29, 0.717) is 5.56 Å². The van der Waals surface area contributed by atoms with Crippen LogP contribution in [0.15, 0.2) is 24.3 Å². The van der Waals surface area contributed by atoms with Gasteiger partial charge >= 0.3 is 0 Å². The van der Waals surface area contributed by atoms with E-state index in [0.717, 1.165) is 11.3 Å². The minimum absolute atomic E-state index is 0.218. The molecule has 1 rings (SSSR count). The van der Waals surface area contributed by atoms with Gasteiger partial charge in [0, 0.05) is 11.0 Å². The lowest BCUT2D eigenvalue weighted by Crippen LogP contribution is -2.15. The molecule has 0 spiro atoms. The second-order valence-corrected chi connectivity index (χ2v) is 4.93. The quantitative estimate of drug-likeness (QED) is 0.849. The Labute approximate surface area is 94.9 Å². The zero-order valence-corrected chi connectivity index (χ0v) is 9.79. The van der Waals surface area contributed by atoms with Gasteiger partial charge in [0.2, 0.25) is 0 Å². The molecule has 0 aliphatic carbocycles. The summed E-state index contributed by atoms with van der Waals surface area (Å²) >= 11 is 1.70. The van der Waals surface area contributed by atoms with E-state index in [1.54, 1.807) is 24.8 Å². The van der Waals surface area contributed by atoms with Crippen molar-refractivity contribution >= 4 is 11.8 Å². The van der Waals surface area contributed by atoms with Crippen molar-refractivity contribution < 1.29 is 5.11 Å². The molecular formula is C12H15NOS. The number of hydrogen-bond donors (Lipinski definition) is 1. The highest BCUT2D eigenvalue weighted by molar-refractivity contribution is 7.99. The molecule has 0 aromatic heterocycles. The van der Waals surface area contributed by atoms with Crippen LogP contribution in [0.4, 0.5) is 0 Å². The Hall–Kier alpha value is -0.980. The lowest BCUT2D eigenvalue weighted by atomic mass is 10.2. The molecule has 0 unspecified atom stereocenters. The van der Waals surface area contributed by atoms with E-state index in [1.165, 1.54) is 0 Å². The lowest BCUT2D eigenvalue weighted by molar-refractivity contribution is 0.196. The smallest absolute Gasteiger partial charge is 0.0991 e. The maximum Gasteiger partial charge on any atom is 0.0991 e. The average Bonchev–Trinajstić information content (AvgIpc) is 2.26. The van der Waals surface area contributed by atoms with E-state index < -0.39 is 0 Å². The van der Waals surface area contributed by atoms with E-state index in [4.69, 9.17) is 5.26 Å². The summed E-state index contributed by atoms with van der Waals surface area (Å²) in [7, 11) is 0. The molecular weight excluding hydrogens is 206 g/mol. The number of hydrogen-bond acceptors (Lipinski definition) is 3. The van der Waals surface area contributed by atoms with Crippen molar-refractivity contribution in [3.8, 4) is 6.07 Å². The molecule has 15 heavy (non-hydrogen) atoms. The summed E-state index contributed by atoms with van der Waals surface area (Å²) in [5.41, 5.74) is 1.82. The zero-order valence-electron chi connectivity index (χ0n) is 8.97. The summed E-state index contributed by atoms with van der Waals surface area (Å²) in [6, 6.07) is 9.70. The topological polar surface area (TPSA) is 44.0 Å². The second-order valence-electron chi connectivity index (χ2n) is 3.57. The number of benzene rings is 1. The average molecular weight is 221 g/mol. The molecule has 1 aromatic carbocycles. The largest absolute Gasteiger partial charge is 0.392 e. The Morgan fingerprint density at radius 2 is 2.20 bits per heavy atom. The van der Waals surface area contributed by atoms with Crippen LogP contribution in [0.1, 0.15) is 25.0 Å². The van der Waals surface area contributed by atoms with Crippen LogP contribution in [-0.2, 0) is 5.75 Å². The Bertz CT molecular complexity index is 357. The highest BCUT2D eigenvalue weighted by atomic mass is 32.2. The maximum absolute atomic E-state index is 9.33. The van der Waals surface area contributed by atoms with Gasteiger partial charge in [-0.15, -0.1) is 0 Å². The summed E-state index contributed by atoms with van der Waals surface area (Å²) in [6.07, 6.45) is -0.297. The minimum atomic E-state index is -0.297. The van der Waals surface area contributed by atoms with Crippen LogP contribution < -0.4 is 0 Å². The van der Waals surface area contributed by atoms with Crippen molar-refractivity contribution in [1.82, 2.24) is 0 Å². The first-order valence-corrected chi connectivity index (χ1v) is 5.97. The van der Waals surface area contributed by atoms with Gasteiger partial charge < -0.3 is 5.11 Å². The van der Waals surface area contributed by atoms with Crippen molar-refractivity contribution in [2.24, 2.45) is 0 Å². The normalized spacial score (nSPS) is 14.3. The molecule has 0 saturated heterocycles. The van der Waals surface area contributed by atoms with Crippen molar-refractivity contribution in [3.05, 3.63) is 35.4 Å². The number of nitriles is 1. The standard InChI is InChI=1S/C12H15NOS/c1-9(14)10(2)15-8-12-5-3-4-11(6-12)7-13/h3-6,9-10,14H,8H2,1-2H3/t9-,10-/m1/s1. The molecule has 0 amide bonds. The van der Waals surface area contributed by atoms with Gasteiger partial charge in [0.1, 0.15) is 0 Å². The van der Waals surface area contributed by atoms with Crippen LogP contribution in [0, 0.1) is 11.3 Å². The molecule has 0 aliphatic rings. The summed E-state index contributed by atoms with van der Waals surface area (Å²) in [5, 5.41) is 18.3. The molecule has 0 fully saturated rings. The Morgan fingerprint density at radius 1 is 1.47 bits per heavy atom. The first-order chi connectivity index (χ1) is 7.13. The third kappa shape index (κ3) is 3.94. The Balaban J connectivity index is 2.55. The fourth-order valence-electron chi connectivity index (χ4n) is 1.10. The van der Waals surface area contributed by atoms with Gasteiger partial charge in [0.15, 0.2) is 0 Å². The van der Waals surface area contributed by atoms with E-state index in [-0.39, 0.29) is 11.4 Å². The van der Waals surface area contributed by atoms with Crippen LogP contribution in [0.25, 0.3) is 0 Å². The third-order valence-electron chi connectivity index (χ3n) is 2.25. The van der Waals surface area contributed by atoms with Crippen LogP contribution in [-0.4, -0.2) is 16.5 Å². The van der Waals surface area contributed by atoms with Crippen molar-refractivity contribution in [1.29, 1.82) is 5.26 Å². The fraction of sp³-hybridized carbons (Fsp3) is 0.417. The molecule has 0 heterocycles. The molecule has 80 valence electrons. The van der Waals surface area contributed by atoms with E-state index in [2.05, 4.69) is 6.07 Å². The number of rotatable bonds is 4. The minimum Gasteiger partial charge on any atom is -0.392 e. The molecule has 3 heteroatoms. The predicted molar refractivity (Wildman–Crippen MR) is 63.6 cm³/mol. The summed E-state index contributed by atoms with van der Waals surface area (Å²) in [5.74, 6) is 0.835. The zero-order chi connectivity index (χ0) is 11.3. The summed E-state index contributed by atoms with van der Waals surface area (Å²) < 4.78 is 0. The molecule has 1 N–H and O–H groups in total. The van der Waals surface area contributed by atoms with Crippen LogP contribution in [0.5, 0.6) is 0 Å². The molecule has 0 radical (unpaired) electrons. The highest BCUT2D eigenvalue weighted by Gasteiger charge is 2.08. The number of thioether (sulfide) groups is 1. The second kappa shape index (κ2) is 5.79. The van der Waals surface area contributed by atoms with Crippen molar-refractivity contribution in [3.63, 3.8) is 0 Å². The first kappa shape index (κ1) is 12.1. The van der Waals surface area contributed by atoms with Gasteiger partial charge in [0.05, 0.1) is 17.7 Å². The third-order valence-corrected chi connectivity index (χ3v) is 3.67. The maximum atomic E-state index is 9.33. The van der Waals surface area contributed by atoms with Crippen LogP contribution >= 0.6 is 11.8 Å². The lowest BCUT2D eigenvalue weighted by Gasteiger charge is -2.13. The van der Waals surface area contributed by atoms with Gasteiger partial charge in [-0.25, -0.2) is 0 Å². The molecule has 2 atom stereocenters. The van der Waals surface area contributed by atoms with Gasteiger partial charge in [-0.1, -0.05) is 19.1 Å². The van der Waals surface area contributed by atoms with E-state index >= 15 is 0 Å². The first-order valence-electron chi connectivity index (χ1n) is 4.92. The van der Waals surface area contributed by atoms with Crippen molar-refractivity contribution in [2.75, 3.05) is 0 Å². The SMILES string of the molecule is C[C@@H](O)[C@@H](C)SCc1cccc(C#N)c1. The monoisotopic (exact) mass is 221 g/mol. The van der Waals surface area contributed by atoms with Crippen LogP contribution in [0.2, 0.25) is 0 Å². The number of aliphatic hydroxyl groups is 1.